The first-order chi connectivity index (χ1) is 14.1. The van der Waals surface area contributed by atoms with Gasteiger partial charge in [0.2, 0.25) is 0 Å². The first-order valence-electron chi connectivity index (χ1n) is 9.53. The lowest BCUT2D eigenvalue weighted by Gasteiger charge is -2.09. The summed E-state index contributed by atoms with van der Waals surface area (Å²) in [7, 11) is 1.94. The van der Waals surface area contributed by atoms with Gasteiger partial charge in [-0.1, -0.05) is 30.3 Å². The molecule has 2 amide bonds. The Morgan fingerprint density at radius 1 is 0.931 bits per heavy atom. The van der Waals surface area contributed by atoms with E-state index in [4.69, 9.17) is 0 Å². The third-order valence-corrected chi connectivity index (χ3v) is 6.04. The molecule has 1 aliphatic heterocycles. The maximum atomic E-state index is 12.9. The summed E-state index contributed by atoms with van der Waals surface area (Å²) in [6.07, 6.45) is 2.47. The van der Waals surface area contributed by atoms with Crippen molar-refractivity contribution in [2.45, 2.75) is 6.42 Å². The number of hydrogen-bond donors (Lipinski definition) is 3. The van der Waals surface area contributed by atoms with E-state index in [1.54, 1.807) is 0 Å². The van der Waals surface area contributed by atoms with Crippen molar-refractivity contribution < 1.29 is 14.7 Å². The van der Waals surface area contributed by atoms with Crippen molar-refractivity contribution in [3.8, 4) is 0 Å². The van der Waals surface area contributed by atoms with Gasteiger partial charge in [0, 0.05) is 52.3 Å². The van der Waals surface area contributed by atoms with Gasteiger partial charge < -0.3 is 14.7 Å². The van der Waals surface area contributed by atoms with Crippen LogP contribution < -0.4 is 5.32 Å². The van der Waals surface area contributed by atoms with Crippen molar-refractivity contribution in [3.05, 3.63) is 59.3 Å². The number of fused-ring (bicyclic) bond motifs is 10. The summed E-state index contributed by atoms with van der Waals surface area (Å²) in [4.78, 5) is 29.2. The van der Waals surface area contributed by atoms with E-state index in [9.17, 15) is 14.7 Å². The molecule has 6 rings (SSSR count). The molecule has 0 unspecified atom stereocenters. The predicted molar refractivity (Wildman–Crippen MR) is 112 cm³/mol. The average molecular weight is 383 g/mol. The number of aliphatic hydroxyl groups excluding tert-OH is 1. The van der Waals surface area contributed by atoms with E-state index in [1.807, 2.05) is 54.2 Å². The smallest absolute Gasteiger partial charge is 0.259 e. The number of aryl methyl sites for hydroxylation is 1. The van der Waals surface area contributed by atoms with Crippen LogP contribution in [0.25, 0.3) is 43.5 Å². The Morgan fingerprint density at radius 3 is 2.48 bits per heavy atom. The molecule has 142 valence electrons. The molecule has 0 bridgehead atoms. The van der Waals surface area contributed by atoms with Gasteiger partial charge in [0.05, 0.1) is 22.2 Å². The quantitative estimate of drug-likeness (QED) is 0.409. The van der Waals surface area contributed by atoms with Crippen molar-refractivity contribution in [1.29, 1.82) is 0 Å². The Hall–Kier alpha value is -3.64. The van der Waals surface area contributed by atoms with Gasteiger partial charge in [-0.05, 0) is 18.1 Å². The molecule has 3 aromatic carbocycles. The highest BCUT2D eigenvalue weighted by molar-refractivity contribution is 6.39. The topological polar surface area (TPSA) is 87.1 Å². The van der Waals surface area contributed by atoms with E-state index < -0.39 is 0 Å². The summed E-state index contributed by atoms with van der Waals surface area (Å²) in [6.45, 7) is 0.0380. The molecular weight excluding hydrogens is 366 g/mol. The number of aliphatic hydroxyl groups is 1. The Labute approximate surface area is 164 Å². The Morgan fingerprint density at radius 2 is 1.69 bits per heavy atom. The molecule has 0 fully saturated rings. The number of imide groups is 1. The maximum absolute atomic E-state index is 12.9. The summed E-state index contributed by atoms with van der Waals surface area (Å²) >= 11 is 0. The van der Waals surface area contributed by atoms with Crippen LogP contribution in [0.1, 0.15) is 26.3 Å². The number of carbonyl (C=O) groups is 2. The van der Waals surface area contributed by atoms with Crippen LogP contribution in [-0.2, 0) is 13.5 Å². The number of rotatable bonds is 2. The van der Waals surface area contributed by atoms with Gasteiger partial charge in [-0.15, -0.1) is 0 Å². The fourth-order valence-corrected chi connectivity index (χ4v) is 4.85. The summed E-state index contributed by atoms with van der Waals surface area (Å²) < 4.78 is 1.99. The molecule has 29 heavy (non-hydrogen) atoms. The zero-order chi connectivity index (χ0) is 19.9. The van der Waals surface area contributed by atoms with Crippen molar-refractivity contribution in [1.82, 2.24) is 14.9 Å². The summed E-state index contributed by atoms with van der Waals surface area (Å²) in [5, 5.41) is 16.3. The predicted octanol–water partition coefficient (Wildman–Crippen LogP) is 3.38. The molecule has 5 aromatic rings. The number of para-hydroxylation sites is 1. The largest absolute Gasteiger partial charge is 0.396 e. The van der Waals surface area contributed by atoms with Crippen LogP contribution in [0.2, 0.25) is 0 Å². The fourth-order valence-electron chi connectivity index (χ4n) is 4.85. The van der Waals surface area contributed by atoms with Crippen molar-refractivity contribution in [2.24, 2.45) is 7.05 Å². The van der Waals surface area contributed by atoms with Crippen molar-refractivity contribution in [2.75, 3.05) is 6.61 Å². The van der Waals surface area contributed by atoms with Crippen LogP contribution in [-0.4, -0.2) is 33.1 Å². The molecular formula is C23H17N3O3. The van der Waals surface area contributed by atoms with Gasteiger partial charge in [-0.3, -0.25) is 14.9 Å². The normalized spacial score (nSPS) is 13.9. The Balaban J connectivity index is 1.95. The van der Waals surface area contributed by atoms with Gasteiger partial charge >= 0.3 is 0 Å². The van der Waals surface area contributed by atoms with E-state index in [-0.39, 0.29) is 18.4 Å². The van der Waals surface area contributed by atoms with Crippen LogP contribution in [0, 0.1) is 0 Å². The molecule has 3 heterocycles. The Kier molecular flexibility index (Phi) is 3.07. The maximum Gasteiger partial charge on any atom is 0.259 e. The number of benzene rings is 3. The van der Waals surface area contributed by atoms with Crippen LogP contribution in [0.3, 0.4) is 0 Å². The van der Waals surface area contributed by atoms with E-state index in [0.717, 1.165) is 49.0 Å². The lowest BCUT2D eigenvalue weighted by atomic mass is 9.93. The third kappa shape index (κ3) is 1.93. The average Bonchev–Trinajstić information content (AvgIpc) is 3.36. The fraction of sp³-hybridized carbons (Fsp3) is 0.130. The second kappa shape index (κ2) is 5.46. The SMILES string of the molecule is Cn1ccc2ccc3c4[nH]c5c(CCO)cccc5c4c4c(c3c21)C(=O)NC4=O. The molecule has 6 nitrogen and oxygen atoms in total. The van der Waals surface area contributed by atoms with Gasteiger partial charge in [-0.2, -0.15) is 0 Å². The number of amides is 2. The van der Waals surface area contributed by atoms with E-state index in [2.05, 4.69) is 10.3 Å². The zero-order valence-corrected chi connectivity index (χ0v) is 15.7. The molecule has 3 N–H and O–H groups in total. The number of H-pyrrole nitrogens is 1. The molecule has 0 radical (unpaired) electrons. The number of aromatic amines is 1. The van der Waals surface area contributed by atoms with E-state index in [0.29, 0.717) is 17.5 Å². The molecule has 0 saturated heterocycles. The van der Waals surface area contributed by atoms with E-state index >= 15 is 0 Å². The van der Waals surface area contributed by atoms with Gasteiger partial charge in [0.25, 0.3) is 11.8 Å². The molecule has 0 saturated carbocycles. The van der Waals surface area contributed by atoms with Crippen LogP contribution in [0.4, 0.5) is 0 Å². The lowest BCUT2D eigenvalue weighted by Crippen LogP contribution is -2.20. The number of hydrogen-bond acceptors (Lipinski definition) is 3. The molecule has 0 aliphatic carbocycles. The molecule has 1 aliphatic rings. The molecule has 6 heteroatoms. The lowest BCUT2D eigenvalue weighted by molar-refractivity contribution is 0.0880. The highest BCUT2D eigenvalue weighted by Crippen LogP contribution is 2.42. The molecule has 2 aromatic heterocycles. The Bertz CT molecular complexity index is 1540. The number of nitrogens with one attached hydrogen (secondary N) is 2. The number of nitrogens with zero attached hydrogens (tertiary/aromatic N) is 1. The minimum Gasteiger partial charge on any atom is -0.396 e. The third-order valence-electron chi connectivity index (χ3n) is 6.04. The van der Waals surface area contributed by atoms with Crippen molar-refractivity contribution >= 4 is 55.3 Å². The van der Waals surface area contributed by atoms with Gasteiger partial charge in [0.15, 0.2) is 0 Å². The van der Waals surface area contributed by atoms with Crippen LogP contribution in [0.5, 0.6) is 0 Å². The zero-order valence-electron chi connectivity index (χ0n) is 15.7. The molecule has 0 spiro atoms. The second-order valence-corrected chi connectivity index (χ2v) is 7.57. The highest BCUT2D eigenvalue weighted by Gasteiger charge is 2.34. The number of carbonyl (C=O) groups excluding carboxylic acids is 2. The van der Waals surface area contributed by atoms with Crippen LogP contribution in [0.15, 0.2) is 42.6 Å². The standard InChI is InChI=1S/C23H17N3O3/c1-26-9-7-12-5-6-14-16(21(12)26)18-17(22(28)25-23(18)29)15-13-4-2-3-11(8-10-27)19(13)24-20(14)15/h2-7,9,24,27H,8,10H2,1H3,(H,25,28,29). The second-order valence-electron chi connectivity index (χ2n) is 7.57. The highest BCUT2D eigenvalue weighted by atomic mass is 16.3. The summed E-state index contributed by atoms with van der Waals surface area (Å²) in [6, 6.07) is 11.9. The first kappa shape index (κ1) is 16.3. The minimum absolute atomic E-state index is 0.0380. The number of aromatic nitrogens is 2. The summed E-state index contributed by atoms with van der Waals surface area (Å²) in [5.41, 5.74) is 4.52. The minimum atomic E-state index is -0.364. The summed E-state index contributed by atoms with van der Waals surface area (Å²) in [5.74, 6) is -0.719. The van der Waals surface area contributed by atoms with Crippen LogP contribution >= 0.6 is 0 Å². The van der Waals surface area contributed by atoms with Gasteiger partial charge in [0.1, 0.15) is 0 Å². The van der Waals surface area contributed by atoms with E-state index in [1.165, 1.54) is 0 Å². The monoisotopic (exact) mass is 383 g/mol. The van der Waals surface area contributed by atoms with Crippen molar-refractivity contribution in [3.63, 3.8) is 0 Å². The van der Waals surface area contributed by atoms with Gasteiger partial charge in [-0.25, -0.2) is 0 Å². The molecule has 0 atom stereocenters. The first-order valence-corrected chi connectivity index (χ1v) is 9.53.